The molecule has 0 aliphatic rings. The first-order valence-electron chi connectivity index (χ1n) is 6.04. The number of aromatic hydroxyl groups is 1. The van der Waals surface area contributed by atoms with Crippen LogP contribution in [0.2, 0.25) is 0 Å². The van der Waals surface area contributed by atoms with E-state index in [0.717, 1.165) is 12.8 Å². The highest BCUT2D eigenvalue weighted by atomic mass is 16.3. The average Bonchev–Trinajstić information content (AvgIpc) is 2.28. The van der Waals surface area contributed by atoms with Crippen molar-refractivity contribution < 1.29 is 5.11 Å². The van der Waals surface area contributed by atoms with Crippen LogP contribution < -0.4 is 5.56 Å². The smallest absolute Gasteiger partial charge is 0.268 e. The minimum Gasteiger partial charge on any atom is -0.495 e. The molecule has 1 heterocycles. The molecule has 1 rings (SSSR count). The molecular weight excluding hydrogens is 216 g/mol. The lowest BCUT2D eigenvalue weighted by Crippen LogP contribution is -2.12. The van der Waals surface area contributed by atoms with Crippen LogP contribution >= 0.6 is 0 Å². The van der Waals surface area contributed by atoms with E-state index in [1.54, 1.807) is 0 Å². The lowest BCUT2D eigenvalue weighted by Gasteiger charge is -2.04. The Kier molecular flexibility index (Phi) is 5.28. The molecule has 0 aliphatic heterocycles. The van der Waals surface area contributed by atoms with Crippen molar-refractivity contribution in [2.24, 2.45) is 0 Å². The minimum absolute atomic E-state index is 0.123. The number of aryl methyl sites for hydroxylation is 1. The van der Waals surface area contributed by atoms with E-state index in [1.807, 2.05) is 6.07 Å². The van der Waals surface area contributed by atoms with Gasteiger partial charge in [0.05, 0.1) is 0 Å². The number of H-pyrrole nitrogens is 1. The number of pyridine rings is 1. The number of unbranched alkanes of at least 4 members (excludes halogenated alkanes) is 4. The number of rotatable bonds is 6. The fourth-order valence-electron chi connectivity index (χ4n) is 1.84. The number of nitrogens with one attached hydrogen (secondary N) is 1. The Morgan fingerprint density at radius 3 is 2.71 bits per heavy atom. The zero-order valence-electron chi connectivity index (χ0n) is 10.1. The first kappa shape index (κ1) is 13.3. The molecule has 0 aromatic carbocycles. The van der Waals surface area contributed by atoms with Crippen molar-refractivity contribution in [3.8, 4) is 11.9 Å². The molecular formula is C13H18N2O2. The number of nitrogens with zero attached hydrogens (tertiary/aromatic N) is 1. The largest absolute Gasteiger partial charge is 0.495 e. The second-order valence-corrected chi connectivity index (χ2v) is 4.16. The number of hydrogen-bond acceptors (Lipinski definition) is 3. The fourth-order valence-corrected chi connectivity index (χ4v) is 1.84. The summed E-state index contributed by atoms with van der Waals surface area (Å²) in [6.07, 6.45) is 6.28. The molecule has 92 valence electrons. The predicted octanol–water partition coefficient (Wildman–Crippen LogP) is 2.47. The van der Waals surface area contributed by atoms with Gasteiger partial charge in [-0.15, -0.1) is 0 Å². The molecule has 17 heavy (non-hydrogen) atoms. The normalized spacial score (nSPS) is 10.1. The van der Waals surface area contributed by atoms with Crippen molar-refractivity contribution in [3.63, 3.8) is 0 Å². The summed E-state index contributed by atoms with van der Waals surface area (Å²) in [7, 11) is 0. The molecule has 0 saturated heterocycles. The maximum absolute atomic E-state index is 11.4. The van der Waals surface area contributed by atoms with E-state index in [9.17, 15) is 9.90 Å². The third-order valence-corrected chi connectivity index (χ3v) is 2.76. The average molecular weight is 234 g/mol. The fraction of sp³-hybridized carbons (Fsp3) is 0.538. The standard InChI is InChI=1S/C13H18N2O2/c1-2-3-4-5-6-7-10-8-12(16)15-13(17)11(10)9-14/h8H,2-7H2,1H3,(H2,15,16,17). The summed E-state index contributed by atoms with van der Waals surface area (Å²) in [5.74, 6) is -0.169. The summed E-state index contributed by atoms with van der Waals surface area (Å²) < 4.78 is 0. The van der Waals surface area contributed by atoms with Crippen molar-refractivity contribution >= 4 is 0 Å². The van der Waals surface area contributed by atoms with Gasteiger partial charge in [-0.25, -0.2) is 0 Å². The van der Waals surface area contributed by atoms with Crippen molar-refractivity contribution in [2.75, 3.05) is 0 Å². The van der Waals surface area contributed by atoms with Crippen molar-refractivity contribution in [2.45, 2.75) is 45.4 Å². The molecule has 0 aliphatic carbocycles. The first-order chi connectivity index (χ1) is 8.19. The van der Waals surface area contributed by atoms with Gasteiger partial charge in [0.2, 0.25) is 0 Å². The molecule has 0 spiro atoms. The quantitative estimate of drug-likeness (QED) is 0.742. The van der Waals surface area contributed by atoms with Gasteiger partial charge in [-0.05, 0) is 18.4 Å². The summed E-state index contributed by atoms with van der Waals surface area (Å²) in [5.41, 5.74) is 0.264. The minimum atomic E-state index is -0.504. The van der Waals surface area contributed by atoms with E-state index in [2.05, 4.69) is 11.9 Å². The van der Waals surface area contributed by atoms with Crippen LogP contribution in [-0.4, -0.2) is 10.1 Å². The van der Waals surface area contributed by atoms with E-state index in [-0.39, 0.29) is 11.4 Å². The lowest BCUT2D eigenvalue weighted by atomic mass is 10.0. The maximum atomic E-state index is 11.4. The van der Waals surface area contributed by atoms with Crippen LogP contribution in [0.15, 0.2) is 10.9 Å². The van der Waals surface area contributed by atoms with Gasteiger partial charge in [-0.2, -0.15) is 5.26 Å². The summed E-state index contributed by atoms with van der Waals surface area (Å²) in [6.45, 7) is 2.16. The highest BCUT2D eigenvalue weighted by Gasteiger charge is 2.08. The van der Waals surface area contributed by atoms with Gasteiger partial charge in [0, 0.05) is 6.07 Å². The van der Waals surface area contributed by atoms with Crippen LogP contribution in [0.1, 0.15) is 50.2 Å². The molecule has 0 unspecified atom stereocenters. The van der Waals surface area contributed by atoms with Crippen molar-refractivity contribution in [3.05, 3.63) is 27.5 Å². The van der Waals surface area contributed by atoms with Crippen LogP contribution in [0.5, 0.6) is 5.88 Å². The van der Waals surface area contributed by atoms with Gasteiger partial charge in [-0.1, -0.05) is 32.6 Å². The number of nitriles is 1. The topological polar surface area (TPSA) is 76.9 Å². The second-order valence-electron chi connectivity index (χ2n) is 4.16. The number of hydrogen-bond donors (Lipinski definition) is 2. The summed E-state index contributed by atoms with van der Waals surface area (Å²) in [6, 6.07) is 3.36. The Morgan fingerprint density at radius 1 is 1.35 bits per heavy atom. The molecule has 1 aromatic rings. The molecule has 2 N–H and O–H groups in total. The zero-order valence-corrected chi connectivity index (χ0v) is 10.1. The molecule has 1 aromatic heterocycles. The summed E-state index contributed by atoms with van der Waals surface area (Å²) in [5, 5.41) is 18.2. The predicted molar refractivity (Wildman–Crippen MR) is 65.9 cm³/mol. The highest BCUT2D eigenvalue weighted by molar-refractivity contribution is 5.37. The van der Waals surface area contributed by atoms with E-state index >= 15 is 0 Å². The molecule has 0 radical (unpaired) electrons. The Morgan fingerprint density at radius 2 is 2.06 bits per heavy atom. The zero-order chi connectivity index (χ0) is 12.7. The van der Waals surface area contributed by atoms with Crippen LogP contribution in [0, 0.1) is 11.3 Å². The van der Waals surface area contributed by atoms with Crippen LogP contribution in [0.3, 0.4) is 0 Å². The molecule has 0 saturated carbocycles. The Labute approximate surface area is 101 Å². The highest BCUT2D eigenvalue weighted by Crippen LogP contribution is 2.13. The van der Waals surface area contributed by atoms with Gasteiger partial charge in [0.1, 0.15) is 11.6 Å². The monoisotopic (exact) mass is 234 g/mol. The van der Waals surface area contributed by atoms with Crippen LogP contribution in [0.25, 0.3) is 0 Å². The Bertz CT molecular complexity index is 457. The molecule has 4 heteroatoms. The molecule has 4 nitrogen and oxygen atoms in total. The second kappa shape index (κ2) is 6.74. The Balaban J connectivity index is 2.64. The van der Waals surface area contributed by atoms with E-state index in [0.29, 0.717) is 12.0 Å². The van der Waals surface area contributed by atoms with Gasteiger partial charge < -0.3 is 5.11 Å². The third kappa shape index (κ3) is 3.95. The maximum Gasteiger partial charge on any atom is 0.268 e. The van der Waals surface area contributed by atoms with Crippen molar-refractivity contribution in [1.29, 1.82) is 5.26 Å². The lowest BCUT2D eigenvalue weighted by molar-refractivity contribution is 0.450. The molecule has 0 amide bonds. The number of aromatic amines is 1. The Hall–Kier alpha value is -1.76. The van der Waals surface area contributed by atoms with E-state index < -0.39 is 5.56 Å². The summed E-state index contributed by atoms with van der Waals surface area (Å²) in [4.78, 5) is 13.6. The van der Waals surface area contributed by atoms with Crippen LogP contribution in [0.4, 0.5) is 0 Å². The molecule has 0 fully saturated rings. The van der Waals surface area contributed by atoms with Crippen LogP contribution in [-0.2, 0) is 6.42 Å². The number of aromatic nitrogens is 1. The molecule has 0 atom stereocenters. The summed E-state index contributed by atoms with van der Waals surface area (Å²) >= 11 is 0. The third-order valence-electron chi connectivity index (χ3n) is 2.76. The van der Waals surface area contributed by atoms with Gasteiger partial charge >= 0.3 is 0 Å². The SMILES string of the molecule is CCCCCCCc1cc(O)[nH]c(=O)c1C#N. The van der Waals surface area contributed by atoms with E-state index in [4.69, 9.17) is 5.26 Å². The van der Waals surface area contributed by atoms with Crippen molar-refractivity contribution in [1.82, 2.24) is 4.98 Å². The van der Waals surface area contributed by atoms with E-state index in [1.165, 1.54) is 25.3 Å². The first-order valence-corrected chi connectivity index (χ1v) is 6.04. The van der Waals surface area contributed by atoms with Gasteiger partial charge in [-0.3, -0.25) is 9.78 Å². The van der Waals surface area contributed by atoms with Gasteiger partial charge in [0.25, 0.3) is 5.56 Å². The molecule has 0 bridgehead atoms. The van der Waals surface area contributed by atoms with Gasteiger partial charge in [0.15, 0.2) is 5.88 Å².